The van der Waals surface area contributed by atoms with E-state index in [9.17, 15) is 14.8 Å². The average Bonchev–Trinajstić information content (AvgIpc) is 3.08. The minimum atomic E-state index is -0.237. The molecule has 0 radical (unpaired) electrons. The van der Waals surface area contributed by atoms with Gasteiger partial charge in [0, 0.05) is 11.3 Å². The van der Waals surface area contributed by atoms with Crippen molar-refractivity contribution in [3.05, 3.63) is 23.8 Å². The quantitative estimate of drug-likeness (QED) is 0.323. The van der Waals surface area contributed by atoms with Crippen molar-refractivity contribution in [2.45, 2.75) is 79.1 Å². The lowest BCUT2D eigenvalue weighted by Crippen LogP contribution is -2.52. The van der Waals surface area contributed by atoms with Crippen molar-refractivity contribution in [2.75, 3.05) is 0 Å². The van der Waals surface area contributed by atoms with Crippen LogP contribution in [0.5, 0.6) is 0 Å². The highest BCUT2D eigenvalue weighted by Gasteiger charge is 2.60. The van der Waals surface area contributed by atoms with Gasteiger partial charge in [-0.3, -0.25) is 4.79 Å². The van der Waals surface area contributed by atoms with Crippen molar-refractivity contribution >= 4 is 17.8 Å². The third kappa shape index (κ3) is 3.64. The van der Waals surface area contributed by atoms with Crippen LogP contribution in [0.1, 0.15) is 79.1 Å². The number of hydrogen-bond donors (Lipinski definition) is 1. The first kappa shape index (κ1) is 22.5. The number of hydrogen-bond acceptors (Lipinski definition) is 4. The van der Waals surface area contributed by atoms with Crippen LogP contribution in [0.25, 0.3) is 0 Å². The number of carbonyl (C=O) groups is 2. The molecule has 0 aromatic rings. The number of nitrogens with zero attached hydrogens (tertiary/aromatic N) is 1. The van der Waals surface area contributed by atoms with Gasteiger partial charge in [-0.1, -0.05) is 51.8 Å². The Bertz CT molecular complexity index is 824. The van der Waals surface area contributed by atoms with Crippen molar-refractivity contribution < 1.29 is 14.8 Å². The van der Waals surface area contributed by atoms with E-state index in [0.29, 0.717) is 35.3 Å². The topological polar surface area (TPSA) is 66.7 Å². The van der Waals surface area contributed by atoms with Gasteiger partial charge in [0.25, 0.3) is 0 Å². The molecule has 4 aliphatic carbocycles. The lowest BCUT2D eigenvalue weighted by molar-refractivity contribution is -0.116. The van der Waals surface area contributed by atoms with Crippen LogP contribution in [0.15, 0.2) is 29.0 Å². The van der Waals surface area contributed by atoms with Crippen LogP contribution < -0.4 is 0 Å². The number of ketones is 1. The maximum absolute atomic E-state index is 12.1. The summed E-state index contributed by atoms with van der Waals surface area (Å²) in [5.41, 5.74) is 1.55. The maximum Gasteiger partial charge on any atom is 0.178 e. The number of oxime groups is 1. The largest absolute Gasteiger partial charge is 0.411 e. The zero-order valence-corrected chi connectivity index (χ0v) is 19.6. The molecule has 0 spiro atoms. The molecule has 0 heterocycles. The van der Waals surface area contributed by atoms with Crippen molar-refractivity contribution in [3.8, 4) is 0 Å². The first-order chi connectivity index (χ1) is 14.7. The molecule has 31 heavy (non-hydrogen) atoms. The molecular formula is C27H39NO3. The highest BCUT2D eigenvalue weighted by Crippen LogP contribution is 2.66. The molecule has 4 nitrogen and oxygen atoms in total. The summed E-state index contributed by atoms with van der Waals surface area (Å²) in [6.07, 6.45) is 15.3. The molecule has 0 saturated heterocycles. The molecule has 0 aromatic carbocycles. The van der Waals surface area contributed by atoms with Gasteiger partial charge in [-0.2, -0.15) is 0 Å². The molecule has 3 fully saturated rings. The smallest absolute Gasteiger partial charge is 0.178 e. The van der Waals surface area contributed by atoms with Crippen LogP contribution in [0, 0.1) is 46.3 Å². The summed E-state index contributed by atoms with van der Waals surface area (Å²) in [5.74, 6) is 2.75. The number of fused-ring (bicyclic) bond motifs is 5. The van der Waals surface area contributed by atoms with E-state index < -0.39 is 0 Å². The molecule has 170 valence electrons. The molecule has 0 amide bonds. The minimum absolute atomic E-state index is 0.0103. The van der Waals surface area contributed by atoms with Gasteiger partial charge in [-0.15, -0.1) is 0 Å². The number of aldehydes is 1. The molecule has 0 aliphatic heterocycles. The molecule has 4 rings (SSSR count). The first-order valence-corrected chi connectivity index (χ1v) is 12.4. The predicted octanol–water partition coefficient (Wildman–Crippen LogP) is 5.99. The fraction of sp³-hybridized carbons (Fsp3) is 0.741. The second-order valence-corrected chi connectivity index (χ2v) is 11.6. The Balaban J connectivity index is 1.60. The minimum Gasteiger partial charge on any atom is -0.411 e. The second-order valence-electron chi connectivity index (χ2n) is 11.6. The van der Waals surface area contributed by atoms with Gasteiger partial charge in [0.1, 0.15) is 6.29 Å². The summed E-state index contributed by atoms with van der Waals surface area (Å²) in [5, 5.41) is 13.5. The molecule has 4 aliphatic rings. The van der Waals surface area contributed by atoms with E-state index in [0.717, 1.165) is 50.5 Å². The van der Waals surface area contributed by atoms with E-state index >= 15 is 0 Å². The molecular weight excluding hydrogens is 386 g/mol. The monoisotopic (exact) mass is 425 g/mol. The van der Waals surface area contributed by atoms with Crippen LogP contribution in [0.3, 0.4) is 0 Å². The number of allylic oxidation sites excluding steroid dienone is 4. The molecule has 7 atom stereocenters. The SMILES string of the molecule is CC(C)CCC[C@@H](C=O)[C@H]1CC[C@H]2[C@@H]3C/C(=N\O)C4=CC(=O)C=C[C@]4(C)[C@H]3CC[C@]12C. The Kier molecular flexibility index (Phi) is 6.04. The maximum atomic E-state index is 12.1. The Hall–Kier alpha value is -1.71. The van der Waals surface area contributed by atoms with E-state index in [1.165, 1.54) is 12.7 Å². The summed E-state index contributed by atoms with van der Waals surface area (Å²) in [6, 6.07) is 0. The summed E-state index contributed by atoms with van der Waals surface area (Å²) >= 11 is 0. The standard InChI is InChI=1S/C27H39NO3/c1-17(2)6-5-7-18(16-29)21-8-9-22-20-15-25(28-31)24-14-19(30)10-12-27(24,4)23(20)11-13-26(21,22)3/h10,12,14,16-18,20-23,31H,5-9,11,13,15H2,1-4H3/b28-25+/t18-,20-,21+,22-,23-,26+,27+/m0/s1. The van der Waals surface area contributed by atoms with Gasteiger partial charge in [-0.05, 0) is 91.3 Å². The summed E-state index contributed by atoms with van der Waals surface area (Å²) in [7, 11) is 0. The Labute approximate surface area is 187 Å². The van der Waals surface area contributed by atoms with Gasteiger partial charge < -0.3 is 10.0 Å². The van der Waals surface area contributed by atoms with E-state index in [2.05, 4.69) is 38.9 Å². The van der Waals surface area contributed by atoms with Crippen molar-refractivity contribution in [1.29, 1.82) is 0 Å². The van der Waals surface area contributed by atoms with Gasteiger partial charge >= 0.3 is 0 Å². The van der Waals surface area contributed by atoms with Crippen LogP contribution in [0.4, 0.5) is 0 Å². The third-order valence-electron chi connectivity index (χ3n) is 9.61. The van der Waals surface area contributed by atoms with Crippen molar-refractivity contribution in [2.24, 2.45) is 51.5 Å². The van der Waals surface area contributed by atoms with E-state index in [-0.39, 0.29) is 22.5 Å². The fourth-order valence-corrected chi connectivity index (χ4v) is 8.02. The highest BCUT2D eigenvalue weighted by molar-refractivity contribution is 6.12. The van der Waals surface area contributed by atoms with Crippen LogP contribution in [-0.4, -0.2) is 23.0 Å². The number of rotatable bonds is 6. The van der Waals surface area contributed by atoms with Gasteiger partial charge in [-0.25, -0.2) is 0 Å². The van der Waals surface area contributed by atoms with Crippen LogP contribution in [-0.2, 0) is 9.59 Å². The van der Waals surface area contributed by atoms with E-state index in [1.54, 1.807) is 12.2 Å². The van der Waals surface area contributed by atoms with Crippen molar-refractivity contribution in [1.82, 2.24) is 0 Å². The molecule has 4 heteroatoms. The van der Waals surface area contributed by atoms with Gasteiger partial charge in [0.05, 0.1) is 5.71 Å². The summed E-state index contributed by atoms with van der Waals surface area (Å²) < 4.78 is 0. The molecule has 3 saturated carbocycles. The van der Waals surface area contributed by atoms with Crippen LogP contribution >= 0.6 is 0 Å². The average molecular weight is 426 g/mol. The predicted molar refractivity (Wildman–Crippen MR) is 123 cm³/mol. The second kappa shape index (κ2) is 8.33. The van der Waals surface area contributed by atoms with E-state index in [1.807, 2.05) is 0 Å². The van der Waals surface area contributed by atoms with Crippen molar-refractivity contribution in [3.63, 3.8) is 0 Å². The Morgan fingerprint density at radius 1 is 1.19 bits per heavy atom. The summed E-state index contributed by atoms with van der Waals surface area (Å²) in [6.45, 7) is 9.17. The third-order valence-corrected chi connectivity index (χ3v) is 9.61. The lowest BCUT2D eigenvalue weighted by Gasteiger charge is -2.57. The fourth-order valence-electron chi connectivity index (χ4n) is 8.02. The highest BCUT2D eigenvalue weighted by atomic mass is 16.4. The molecule has 1 N–H and O–H groups in total. The molecule has 0 bridgehead atoms. The lowest BCUT2D eigenvalue weighted by atomic mass is 9.47. The van der Waals surface area contributed by atoms with Gasteiger partial charge in [0.2, 0.25) is 0 Å². The zero-order chi connectivity index (χ0) is 22.4. The zero-order valence-electron chi connectivity index (χ0n) is 19.6. The van der Waals surface area contributed by atoms with E-state index in [4.69, 9.17) is 0 Å². The first-order valence-electron chi connectivity index (χ1n) is 12.4. The molecule has 0 aromatic heterocycles. The van der Waals surface area contributed by atoms with Gasteiger partial charge in [0.15, 0.2) is 5.78 Å². The Morgan fingerprint density at radius 3 is 2.65 bits per heavy atom. The number of carbonyl (C=O) groups excluding carboxylic acids is 2. The Morgan fingerprint density at radius 2 is 1.97 bits per heavy atom. The normalized spacial score (nSPS) is 41.5. The summed E-state index contributed by atoms with van der Waals surface area (Å²) in [4.78, 5) is 24.2. The van der Waals surface area contributed by atoms with Crippen LogP contribution in [0.2, 0.25) is 0 Å². The molecule has 0 unspecified atom stereocenters.